The Morgan fingerprint density at radius 1 is 1.10 bits per heavy atom. The minimum absolute atomic E-state index is 0.0982. The molecular formula is C14H7BrClF3O. The van der Waals surface area contributed by atoms with E-state index in [1.54, 1.807) is 6.07 Å². The molecule has 6 heteroatoms. The van der Waals surface area contributed by atoms with Crippen molar-refractivity contribution in [1.82, 2.24) is 0 Å². The Bertz CT molecular complexity index is 647. The molecular weight excluding hydrogens is 357 g/mol. The Morgan fingerprint density at radius 3 is 2.35 bits per heavy atom. The third-order valence-corrected chi connectivity index (χ3v) is 3.28. The molecule has 0 saturated carbocycles. The largest absolute Gasteiger partial charge is 0.417 e. The van der Waals surface area contributed by atoms with E-state index in [1.165, 1.54) is 24.3 Å². The van der Waals surface area contributed by atoms with Crippen LogP contribution in [0.3, 0.4) is 0 Å². The van der Waals surface area contributed by atoms with Crippen LogP contribution in [0, 0.1) is 0 Å². The molecule has 0 heterocycles. The lowest BCUT2D eigenvalue weighted by Crippen LogP contribution is -2.13. The SMILES string of the molecule is O=C(c1cc(Cl)cc(Br)c1)c1ccccc1C(F)(F)F. The van der Waals surface area contributed by atoms with Crippen LogP contribution in [-0.4, -0.2) is 5.78 Å². The fourth-order valence-corrected chi connectivity index (χ4v) is 2.63. The van der Waals surface area contributed by atoms with E-state index in [9.17, 15) is 18.0 Å². The zero-order chi connectivity index (χ0) is 14.9. The topological polar surface area (TPSA) is 17.1 Å². The standard InChI is InChI=1S/C14H7BrClF3O/c15-9-5-8(6-10(16)7-9)13(20)11-3-1-2-4-12(11)14(17,18)19/h1-7H. The average molecular weight is 364 g/mol. The lowest BCUT2D eigenvalue weighted by molar-refractivity contribution is -0.137. The van der Waals surface area contributed by atoms with Crippen LogP contribution in [0.4, 0.5) is 13.2 Å². The number of ketones is 1. The van der Waals surface area contributed by atoms with Gasteiger partial charge in [-0.25, -0.2) is 0 Å². The number of halogens is 5. The first-order valence-corrected chi connectivity index (χ1v) is 6.63. The second-order valence-electron chi connectivity index (χ2n) is 4.03. The van der Waals surface area contributed by atoms with Gasteiger partial charge in [-0.2, -0.15) is 13.2 Å². The summed E-state index contributed by atoms with van der Waals surface area (Å²) in [7, 11) is 0. The van der Waals surface area contributed by atoms with Crippen LogP contribution in [0.1, 0.15) is 21.5 Å². The molecule has 2 aromatic rings. The van der Waals surface area contributed by atoms with E-state index in [-0.39, 0.29) is 10.6 Å². The molecule has 0 fully saturated rings. The van der Waals surface area contributed by atoms with Gasteiger partial charge in [0.2, 0.25) is 0 Å². The number of benzene rings is 2. The second-order valence-corrected chi connectivity index (χ2v) is 5.38. The summed E-state index contributed by atoms with van der Waals surface area (Å²) in [6.45, 7) is 0. The van der Waals surface area contributed by atoms with Gasteiger partial charge in [-0.15, -0.1) is 0 Å². The minimum Gasteiger partial charge on any atom is -0.289 e. The fraction of sp³-hybridized carbons (Fsp3) is 0.0714. The Balaban J connectivity index is 2.54. The summed E-state index contributed by atoms with van der Waals surface area (Å²) in [5.74, 6) is -0.721. The lowest BCUT2D eigenvalue weighted by Gasteiger charge is -2.12. The first kappa shape index (κ1) is 15.1. The molecule has 0 aromatic heterocycles. The maximum atomic E-state index is 12.9. The van der Waals surface area contributed by atoms with Crippen LogP contribution in [0.2, 0.25) is 5.02 Å². The van der Waals surface area contributed by atoms with Gasteiger partial charge in [0.1, 0.15) is 0 Å². The number of rotatable bonds is 2. The summed E-state index contributed by atoms with van der Waals surface area (Å²) in [6, 6.07) is 8.99. The highest BCUT2D eigenvalue weighted by Gasteiger charge is 2.35. The van der Waals surface area contributed by atoms with Crippen molar-refractivity contribution in [1.29, 1.82) is 0 Å². The summed E-state index contributed by atoms with van der Waals surface area (Å²) in [6.07, 6.45) is -4.58. The van der Waals surface area contributed by atoms with Gasteiger partial charge in [-0.3, -0.25) is 4.79 Å². The zero-order valence-corrected chi connectivity index (χ0v) is 12.2. The van der Waals surface area contributed by atoms with Gasteiger partial charge in [0.25, 0.3) is 0 Å². The van der Waals surface area contributed by atoms with Crippen molar-refractivity contribution >= 4 is 33.3 Å². The Morgan fingerprint density at radius 2 is 1.75 bits per heavy atom. The first-order valence-electron chi connectivity index (χ1n) is 5.46. The van der Waals surface area contributed by atoms with E-state index in [2.05, 4.69) is 15.9 Å². The van der Waals surface area contributed by atoms with E-state index >= 15 is 0 Å². The van der Waals surface area contributed by atoms with Crippen LogP contribution in [0.5, 0.6) is 0 Å². The van der Waals surface area contributed by atoms with Gasteiger partial charge in [-0.1, -0.05) is 45.7 Å². The van der Waals surface area contributed by atoms with E-state index in [1.807, 2.05) is 0 Å². The predicted octanol–water partition coefficient (Wildman–Crippen LogP) is 5.35. The number of carbonyl (C=O) groups excluding carboxylic acids is 1. The number of hydrogen-bond donors (Lipinski definition) is 0. The van der Waals surface area contributed by atoms with Crippen LogP contribution < -0.4 is 0 Å². The van der Waals surface area contributed by atoms with E-state index < -0.39 is 23.1 Å². The van der Waals surface area contributed by atoms with Crippen LogP contribution in [-0.2, 0) is 6.18 Å². The first-order chi connectivity index (χ1) is 9.29. The maximum Gasteiger partial charge on any atom is 0.417 e. The average Bonchev–Trinajstić information content (AvgIpc) is 2.35. The summed E-state index contributed by atoms with van der Waals surface area (Å²) >= 11 is 8.96. The molecule has 2 aromatic carbocycles. The molecule has 0 unspecified atom stereocenters. The molecule has 0 spiro atoms. The molecule has 20 heavy (non-hydrogen) atoms. The van der Waals surface area contributed by atoms with Crippen molar-refractivity contribution < 1.29 is 18.0 Å². The van der Waals surface area contributed by atoms with E-state index in [0.717, 1.165) is 12.1 Å². The normalized spacial score (nSPS) is 11.4. The molecule has 0 aliphatic rings. The Kier molecular flexibility index (Phi) is 4.20. The lowest BCUT2D eigenvalue weighted by atomic mass is 9.98. The predicted molar refractivity (Wildman–Crippen MR) is 74.0 cm³/mol. The van der Waals surface area contributed by atoms with E-state index in [4.69, 9.17) is 11.6 Å². The van der Waals surface area contributed by atoms with Crippen molar-refractivity contribution in [2.75, 3.05) is 0 Å². The molecule has 0 amide bonds. The highest BCUT2D eigenvalue weighted by molar-refractivity contribution is 9.10. The highest BCUT2D eigenvalue weighted by Crippen LogP contribution is 2.33. The summed E-state index contributed by atoms with van der Waals surface area (Å²) in [5, 5.41) is 0.271. The maximum absolute atomic E-state index is 12.9. The number of carbonyl (C=O) groups is 1. The number of hydrogen-bond acceptors (Lipinski definition) is 1. The second kappa shape index (κ2) is 5.58. The quantitative estimate of drug-likeness (QED) is 0.657. The van der Waals surface area contributed by atoms with E-state index in [0.29, 0.717) is 4.47 Å². The molecule has 0 aliphatic carbocycles. The summed E-state index contributed by atoms with van der Waals surface area (Å²) in [4.78, 5) is 12.2. The van der Waals surface area contributed by atoms with Crippen LogP contribution in [0.15, 0.2) is 46.9 Å². The van der Waals surface area contributed by atoms with Crippen LogP contribution >= 0.6 is 27.5 Å². The molecule has 1 nitrogen and oxygen atoms in total. The molecule has 0 bridgehead atoms. The van der Waals surface area contributed by atoms with Crippen molar-refractivity contribution in [2.24, 2.45) is 0 Å². The Hall–Kier alpha value is -1.33. The summed E-state index contributed by atoms with van der Waals surface area (Å²) in [5.41, 5.74) is -1.25. The summed E-state index contributed by atoms with van der Waals surface area (Å²) < 4.78 is 39.2. The van der Waals surface area contributed by atoms with Crippen molar-refractivity contribution in [3.8, 4) is 0 Å². The Labute approximate surface area is 126 Å². The smallest absolute Gasteiger partial charge is 0.289 e. The van der Waals surface area contributed by atoms with Crippen LogP contribution in [0.25, 0.3) is 0 Å². The highest BCUT2D eigenvalue weighted by atomic mass is 79.9. The van der Waals surface area contributed by atoms with Crippen molar-refractivity contribution in [2.45, 2.75) is 6.18 Å². The molecule has 0 atom stereocenters. The van der Waals surface area contributed by atoms with Crippen molar-refractivity contribution in [3.05, 3.63) is 68.7 Å². The molecule has 0 N–H and O–H groups in total. The number of alkyl halides is 3. The van der Waals surface area contributed by atoms with Gasteiger partial charge < -0.3 is 0 Å². The monoisotopic (exact) mass is 362 g/mol. The molecule has 2 rings (SSSR count). The van der Waals surface area contributed by atoms with Gasteiger partial charge in [-0.05, 0) is 24.3 Å². The third-order valence-electron chi connectivity index (χ3n) is 2.60. The van der Waals surface area contributed by atoms with Crippen molar-refractivity contribution in [3.63, 3.8) is 0 Å². The molecule has 0 aliphatic heterocycles. The molecule has 0 radical (unpaired) electrons. The van der Waals surface area contributed by atoms with Gasteiger partial charge in [0, 0.05) is 20.6 Å². The zero-order valence-electron chi connectivity index (χ0n) is 9.84. The van der Waals surface area contributed by atoms with Gasteiger partial charge in [0.15, 0.2) is 5.78 Å². The van der Waals surface area contributed by atoms with Gasteiger partial charge >= 0.3 is 6.18 Å². The molecule has 0 saturated heterocycles. The minimum atomic E-state index is -4.58. The molecule has 104 valence electrons. The van der Waals surface area contributed by atoms with Gasteiger partial charge in [0.05, 0.1) is 5.56 Å². The fourth-order valence-electron chi connectivity index (χ4n) is 1.77. The third kappa shape index (κ3) is 3.22.